The van der Waals surface area contributed by atoms with Crippen molar-refractivity contribution >= 4 is 17.5 Å². The lowest BCUT2D eigenvalue weighted by atomic mass is 10.3. The van der Waals surface area contributed by atoms with Crippen molar-refractivity contribution in [2.45, 2.75) is 26.2 Å². The van der Waals surface area contributed by atoms with Gasteiger partial charge in [-0.05, 0) is 31.4 Å². The molecule has 1 fully saturated rings. The molecule has 0 spiro atoms. The maximum atomic E-state index is 11.8. The normalized spacial score (nSPS) is 13.7. The van der Waals surface area contributed by atoms with Crippen molar-refractivity contribution in [3.8, 4) is 5.75 Å². The predicted octanol–water partition coefficient (Wildman–Crippen LogP) is 1.63. The van der Waals surface area contributed by atoms with E-state index in [4.69, 9.17) is 4.74 Å². The van der Waals surface area contributed by atoms with Gasteiger partial charge in [-0.15, -0.1) is 0 Å². The van der Waals surface area contributed by atoms with Gasteiger partial charge < -0.3 is 20.3 Å². The second kappa shape index (κ2) is 9.02. The molecule has 0 atom stereocenters. The molecule has 1 aromatic rings. The van der Waals surface area contributed by atoms with Crippen LogP contribution in [0.4, 0.5) is 5.69 Å². The monoisotopic (exact) mass is 319 g/mol. The highest BCUT2D eigenvalue weighted by Gasteiger charge is 2.17. The molecule has 0 aromatic heterocycles. The summed E-state index contributed by atoms with van der Waals surface area (Å²) >= 11 is 0. The Kier molecular flexibility index (Phi) is 6.72. The fourth-order valence-corrected chi connectivity index (χ4v) is 2.41. The number of ether oxygens (including phenoxy) is 1. The molecule has 0 aliphatic carbocycles. The molecule has 2 amide bonds. The van der Waals surface area contributed by atoms with Crippen LogP contribution < -0.4 is 15.4 Å². The fraction of sp³-hybridized carbons (Fsp3) is 0.529. The number of nitrogens with one attached hydrogen (secondary N) is 2. The molecule has 0 bridgehead atoms. The lowest BCUT2D eigenvalue weighted by Crippen LogP contribution is -2.40. The van der Waals surface area contributed by atoms with E-state index in [2.05, 4.69) is 17.6 Å². The van der Waals surface area contributed by atoms with Gasteiger partial charge in [-0.1, -0.05) is 13.0 Å². The van der Waals surface area contributed by atoms with Crippen molar-refractivity contribution in [2.75, 3.05) is 38.1 Å². The summed E-state index contributed by atoms with van der Waals surface area (Å²) in [5.74, 6) is 0.574. The summed E-state index contributed by atoms with van der Waals surface area (Å²) in [6.45, 7) is 4.53. The number of anilines is 1. The molecule has 1 aliphatic rings. The third-order valence-electron chi connectivity index (χ3n) is 3.66. The van der Waals surface area contributed by atoms with Gasteiger partial charge in [0, 0.05) is 24.8 Å². The number of likely N-dealkylation sites (tertiary alicyclic amines) is 1. The van der Waals surface area contributed by atoms with Gasteiger partial charge in [0.25, 0.3) is 0 Å². The first-order valence-corrected chi connectivity index (χ1v) is 8.20. The minimum absolute atomic E-state index is 0.00851. The van der Waals surface area contributed by atoms with Crippen LogP contribution >= 0.6 is 0 Å². The first-order valence-electron chi connectivity index (χ1n) is 8.20. The minimum atomic E-state index is -0.197. The summed E-state index contributed by atoms with van der Waals surface area (Å²) in [7, 11) is 0. The number of amides is 2. The second-order valence-electron chi connectivity index (χ2n) is 5.59. The van der Waals surface area contributed by atoms with Crippen LogP contribution in [0.1, 0.15) is 26.2 Å². The average Bonchev–Trinajstić information content (AvgIpc) is 3.11. The second-order valence-corrected chi connectivity index (χ2v) is 5.59. The lowest BCUT2D eigenvalue weighted by molar-refractivity contribution is -0.131. The molecule has 23 heavy (non-hydrogen) atoms. The van der Waals surface area contributed by atoms with Crippen LogP contribution in [0.15, 0.2) is 24.3 Å². The van der Waals surface area contributed by atoms with Crippen LogP contribution in [0.2, 0.25) is 0 Å². The van der Waals surface area contributed by atoms with Gasteiger partial charge in [0.2, 0.25) is 11.8 Å². The van der Waals surface area contributed by atoms with Gasteiger partial charge in [-0.3, -0.25) is 9.59 Å². The molecule has 0 saturated carbocycles. The van der Waals surface area contributed by atoms with Gasteiger partial charge in [-0.25, -0.2) is 0 Å². The lowest BCUT2D eigenvalue weighted by Gasteiger charge is -2.15. The Morgan fingerprint density at radius 3 is 2.74 bits per heavy atom. The number of carbonyl (C=O) groups is 2. The number of nitrogens with zero attached hydrogens (tertiary/aromatic N) is 1. The van der Waals surface area contributed by atoms with Crippen LogP contribution in [0.5, 0.6) is 5.75 Å². The molecule has 1 heterocycles. The van der Waals surface area contributed by atoms with Crippen molar-refractivity contribution in [2.24, 2.45) is 0 Å². The van der Waals surface area contributed by atoms with E-state index in [9.17, 15) is 9.59 Å². The Bertz CT molecular complexity index is 528. The van der Waals surface area contributed by atoms with Crippen molar-refractivity contribution in [1.29, 1.82) is 0 Å². The first kappa shape index (κ1) is 17.1. The molecular weight excluding hydrogens is 294 g/mol. The van der Waals surface area contributed by atoms with E-state index in [0.717, 1.165) is 43.8 Å². The van der Waals surface area contributed by atoms with Gasteiger partial charge in [-0.2, -0.15) is 0 Å². The summed E-state index contributed by atoms with van der Waals surface area (Å²) in [5.41, 5.74) is 0.819. The molecule has 0 radical (unpaired) electrons. The average molecular weight is 319 g/mol. The van der Waals surface area contributed by atoms with Crippen LogP contribution in [0, 0.1) is 0 Å². The molecular formula is C17H25N3O3. The molecule has 6 heteroatoms. The largest absolute Gasteiger partial charge is 0.494 e. The molecule has 2 N–H and O–H groups in total. The van der Waals surface area contributed by atoms with E-state index >= 15 is 0 Å². The highest BCUT2D eigenvalue weighted by atomic mass is 16.5. The van der Waals surface area contributed by atoms with Crippen molar-refractivity contribution in [1.82, 2.24) is 10.2 Å². The number of hydrogen-bond donors (Lipinski definition) is 2. The first-order chi connectivity index (χ1) is 11.2. The van der Waals surface area contributed by atoms with E-state index in [1.165, 1.54) is 0 Å². The Morgan fingerprint density at radius 2 is 2.00 bits per heavy atom. The van der Waals surface area contributed by atoms with Gasteiger partial charge in [0.15, 0.2) is 0 Å². The third-order valence-corrected chi connectivity index (χ3v) is 3.66. The van der Waals surface area contributed by atoms with E-state index in [1.807, 2.05) is 24.3 Å². The molecule has 1 saturated heterocycles. The Hall–Kier alpha value is -2.24. The minimum Gasteiger partial charge on any atom is -0.494 e. The molecule has 2 rings (SSSR count). The van der Waals surface area contributed by atoms with Crippen molar-refractivity contribution in [3.63, 3.8) is 0 Å². The van der Waals surface area contributed by atoms with E-state index in [-0.39, 0.29) is 24.9 Å². The maximum absolute atomic E-state index is 11.8. The van der Waals surface area contributed by atoms with Crippen LogP contribution in [0.25, 0.3) is 0 Å². The van der Waals surface area contributed by atoms with Gasteiger partial charge >= 0.3 is 0 Å². The van der Waals surface area contributed by atoms with E-state index < -0.39 is 0 Å². The van der Waals surface area contributed by atoms with E-state index in [1.54, 1.807) is 4.90 Å². The quantitative estimate of drug-likeness (QED) is 0.764. The summed E-state index contributed by atoms with van der Waals surface area (Å²) in [5, 5.41) is 5.69. The number of carbonyl (C=O) groups excluding carboxylic acids is 2. The maximum Gasteiger partial charge on any atom is 0.241 e. The van der Waals surface area contributed by atoms with Crippen LogP contribution in [0.3, 0.4) is 0 Å². The van der Waals surface area contributed by atoms with E-state index in [0.29, 0.717) is 6.61 Å². The molecule has 1 aromatic carbocycles. The standard InChI is InChI=1S/C17H25N3O3/c1-2-10-23-15-7-5-6-14(11-15)18-12-16(21)19-13-17(22)20-8-3-4-9-20/h5-7,11,18H,2-4,8-10,12-13H2,1H3,(H,19,21). The zero-order valence-electron chi connectivity index (χ0n) is 13.6. The number of rotatable bonds is 8. The molecule has 126 valence electrons. The fourth-order valence-electron chi connectivity index (χ4n) is 2.41. The summed E-state index contributed by atoms with van der Waals surface area (Å²) < 4.78 is 5.55. The summed E-state index contributed by atoms with van der Waals surface area (Å²) in [4.78, 5) is 25.5. The molecule has 6 nitrogen and oxygen atoms in total. The van der Waals surface area contributed by atoms with Crippen molar-refractivity contribution in [3.05, 3.63) is 24.3 Å². The van der Waals surface area contributed by atoms with Crippen LogP contribution in [-0.4, -0.2) is 49.5 Å². The van der Waals surface area contributed by atoms with Crippen molar-refractivity contribution < 1.29 is 14.3 Å². The smallest absolute Gasteiger partial charge is 0.241 e. The Balaban J connectivity index is 1.70. The highest BCUT2D eigenvalue weighted by Crippen LogP contribution is 2.17. The summed E-state index contributed by atoms with van der Waals surface area (Å²) in [6.07, 6.45) is 3.06. The SMILES string of the molecule is CCCOc1cccc(NCC(=O)NCC(=O)N2CCCC2)c1. The molecule has 1 aliphatic heterocycles. The predicted molar refractivity (Wildman–Crippen MR) is 89.5 cm³/mol. The Labute approximate surface area is 137 Å². The zero-order valence-corrected chi connectivity index (χ0v) is 13.6. The molecule has 0 unspecified atom stereocenters. The Morgan fingerprint density at radius 1 is 1.22 bits per heavy atom. The number of benzene rings is 1. The van der Waals surface area contributed by atoms with Crippen LogP contribution in [-0.2, 0) is 9.59 Å². The highest BCUT2D eigenvalue weighted by molar-refractivity contribution is 5.86. The zero-order chi connectivity index (χ0) is 16.5. The number of hydrogen-bond acceptors (Lipinski definition) is 4. The third kappa shape index (κ3) is 5.81. The van der Waals surface area contributed by atoms with Gasteiger partial charge in [0.05, 0.1) is 19.7 Å². The topological polar surface area (TPSA) is 70.7 Å². The summed E-state index contributed by atoms with van der Waals surface area (Å²) in [6, 6.07) is 7.50. The van der Waals surface area contributed by atoms with Gasteiger partial charge in [0.1, 0.15) is 5.75 Å².